The van der Waals surface area contributed by atoms with Crippen molar-refractivity contribution < 1.29 is 47.5 Å². The molecule has 16 nitrogen and oxygen atoms in total. The van der Waals surface area contributed by atoms with Crippen molar-refractivity contribution in [3.05, 3.63) is 199 Å². The van der Waals surface area contributed by atoms with Gasteiger partial charge in [0.1, 0.15) is 76.7 Å². The molecule has 2 saturated heterocycles. The minimum atomic E-state index is -1.22. The van der Waals surface area contributed by atoms with Crippen molar-refractivity contribution in [1.29, 1.82) is 0 Å². The standard InChI is InChI=1S/C116H138N6O10S8/c1-11-21-29-37-53-125-85-65-81(66-86(73-85)126-54-38-30-22-12-2)115(82-67-87(127-55-39-31-23-13-3)74-88(68-82)128-56-40-32-24-14-4)97-61-77(93-49-47-79(103-105(93)119-139-117-103)63-99-111(123)121(19-9)113(133)135-99)45-51-95(97)107-101(115)109-110(137-107)102-108(138-109)96-52-46-78(94-50-48-80(104-106(94)120-140-118-104)64-100-112(124)122(20-10)114(134)136-100)62-98(96)116(102,83-69-89(129-57-41-33-25-15-5)75-90(70-83)130-58-42-34-26-16-6)84-71-91(131-59-43-35-27-17-7)76-92(72-84)132-60-44-36-28-18-8/h45-52,61-76H,11-44,53-60H2,1-10H3/b99-63-,100-64-. The molecule has 2 fully saturated rings. The monoisotopic (exact) mass is 2030 g/mol. The fourth-order valence-electron chi connectivity index (χ4n) is 20.1. The molecule has 6 heterocycles. The third-order valence-electron chi connectivity index (χ3n) is 27.5. The fraction of sp³-hybridized carbons (Fsp3) is 0.466. The molecule has 0 atom stereocenters. The molecule has 0 spiro atoms. The number of ether oxygens (including phenoxy) is 8. The van der Waals surface area contributed by atoms with Gasteiger partial charge in [0.05, 0.1) is 106 Å². The van der Waals surface area contributed by atoms with Crippen LogP contribution in [-0.2, 0) is 20.4 Å². The summed E-state index contributed by atoms with van der Waals surface area (Å²) in [6, 6.07) is 49.9. The number of unbranched alkanes of at least 4 members (excludes halogenated alkanes) is 24. The first-order valence-electron chi connectivity index (χ1n) is 52.2. The maximum atomic E-state index is 14.1. The Kier molecular flexibility index (Phi) is 37.2. The van der Waals surface area contributed by atoms with Gasteiger partial charge in [0, 0.05) is 80.5 Å². The Morgan fingerprint density at radius 2 is 0.550 bits per heavy atom. The molecule has 140 heavy (non-hydrogen) atoms. The molecule has 0 saturated carbocycles. The van der Waals surface area contributed by atoms with Gasteiger partial charge in [0.2, 0.25) is 0 Å². The first kappa shape index (κ1) is 104. The Morgan fingerprint density at radius 1 is 0.300 bits per heavy atom. The van der Waals surface area contributed by atoms with E-state index in [9.17, 15) is 9.59 Å². The van der Waals surface area contributed by atoms with Crippen LogP contribution in [0.25, 0.3) is 86.8 Å². The summed E-state index contributed by atoms with van der Waals surface area (Å²) in [7, 11) is 0. The summed E-state index contributed by atoms with van der Waals surface area (Å²) in [6.45, 7) is 27.2. The number of amides is 2. The topological polar surface area (TPSA) is 166 Å². The Hall–Kier alpha value is -9.24. The summed E-state index contributed by atoms with van der Waals surface area (Å²) in [5, 5.41) is 0. The van der Waals surface area contributed by atoms with E-state index in [1.165, 1.54) is 47.0 Å². The lowest BCUT2D eigenvalue weighted by Crippen LogP contribution is -2.29. The van der Waals surface area contributed by atoms with Gasteiger partial charge in [-0.3, -0.25) is 19.4 Å². The molecule has 2 aliphatic heterocycles. The van der Waals surface area contributed by atoms with Gasteiger partial charge < -0.3 is 37.9 Å². The van der Waals surface area contributed by atoms with Gasteiger partial charge in [-0.2, -0.15) is 17.5 Å². The summed E-state index contributed by atoms with van der Waals surface area (Å²) in [5.41, 5.74) is 16.2. The number of hydrogen-bond donors (Lipinski definition) is 0. The third-order valence-corrected chi connectivity index (χ3v) is 33.9. The van der Waals surface area contributed by atoms with E-state index in [0.717, 1.165) is 371 Å². The maximum Gasteiger partial charge on any atom is 0.266 e. The number of thiocarbonyl (C=S) groups is 2. The van der Waals surface area contributed by atoms with Gasteiger partial charge in [-0.05, 0) is 194 Å². The molecule has 0 N–H and O–H groups in total. The van der Waals surface area contributed by atoms with Crippen LogP contribution in [0.5, 0.6) is 46.0 Å². The number of hydrogen-bond acceptors (Lipinski definition) is 22. The van der Waals surface area contributed by atoms with Crippen molar-refractivity contribution in [2.45, 2.75) is 286 Å². The molecular weight excluding hydrogens is 1890 g/mol. The van der Waals surface area contributed by atoms with Crippen molar-refractivity contribution >= 4 is 158 Å². The summed E-state index contributed by atoms with van der Waals surface area (Å²) >= 11 is 20.3. The van der Waals surface area contributed by atoms with Crippen molar-refractivity contribution in [2.75, 3.05) is 65.9 Å². The van der Waals surface area contributed by atoms with Gasteiger partial charge in [-0.1, -0.05) is 306 Å². The highest BCUT2D eigenvalue weighted by Crippen LogP contribution is 2.70. The molecule has 8 aromatic carbocycles. The highest BCUT2D eigenvalue weighted by molar-refractivity contribution is 8.27. The Labute approximate surface area is 865 Å². The molecule has 2 amide bonds. The minimum Gasteiger partial charge on any atom is -0.493 e. The lowest BCUT2D eigenvalue weighted by Gasteiger charge is -2.35. The van der Waals surface area contributed by atoms with Crippen LogP contribution in [0.1, 0.15) is 330 Å². The zero-order valence-corrected chi connectivity index (χ0v) is 90.1. The van der Waals surface area contributed by atoms with E-state index in [4.69, 9.17) is 79.8 Å². The SMILES string of the molecule is CCCCCCOc1cc(OCCCCCC)cc(C2(c3cc(OCCCCCC)cc(OCCCCCC)c3)c3cc(-c4ccc(/C=C5\SC(=S)N(CC)C5=O)c5nsnc45)ccc3-c3sc4c5c(sc4c32)-c2ccc(-c3ccc(/C=C4\SC(=S)N(CC)C4=O)c4nsnc34)cc2C5(c2cc(OCCCCCC)cc(OCCCCCC)c2)c2cc(OCCCCCC)cc(OCCCCCC)c2)c1. The lowest BCUT2D eigenvalue weighted by molar-refractivity contribution is -0.122. The van der Waals surface area contributed by atoms with Gasteiger partial charge >= 0.3 is 0 Å². The van der Waals surface area contributed by atoms with Crippen molar-refractivity contribution in [1.82, 2.24) is 27.3 Å². The summed E-state index contributed by atoms with van der Waals surface area (Å²) < 4.78 is 82.1. The third kappa shape index (κ3) is 22.9. The smallest absolute Gasteiger partial charge is 0.266 e. The van der Waals surface area contributed by atoms with Gasteiger partial charge in [0.15, 0.2) is 0 Å². The highest BCUT2D eigenvalue weighted by Gasteiger charge is 2.56. The largest absolute Gasteiger partial charge is 0.493 e. The quantitative estimate of drug-likeness (QED) is 0.0200. The maximum absolute atomic E-state index is 14.1. The summed E-state index contributed by atoms with van der Waals surface area (Å²) in [6.07, 6.45) is 37.1. The Bertz CT molecular complexity index is 5720. The number of fused-ring (bicyclic) bond motifs is 11. The summed E-state index contributed by atoms with van der Waals surface area (Å²) in [5.74, 6) is 5.63. The predicted octanol–water partition coefficient (Wildman–Crippen LogP) is 33.1. The zero-order valence-electron chi connectivity index (χ0n) is 83.6. The molecule has 24 heteroatoms. The number of thiophene rings is 2. The molecule has 0 unspecified atom stereocenters. The highest BCUT2D eigenvalue weighted by atomic mass is 32.2. The second-order valence-corrected chi connectivity index (χ2v) is 44.0. The number of rotatable bonds is 58. The molecule has 4 aliphatic rings. The minimum absolute atomic E-state index is 0.109. The average molecular weight is 2030 g/mol. The van der Waals surface area contributed by atoms with Crippen molar-refractivity contribution in [3.8, 4) is 89.1 Å². The first-order valence-corrected chi connectivity index (χ1v) is 57.8. The fourth-order valence-corrected chi connectivity index (χ4v) is 27.2. The normalized spacial score (nSPS) is 14.7. The van der Waals surface area contributed by atoms with Crippen LogP contribution in [0.2, 0.25) is 0 Å². The first-order chi connectivity index (χ1) is 68.7. The van der Waals surface area contributed by atoms with Crippen LogP contribution in [0.3, 0.4) is 0 Å². The molecule has 2 aliphatic carbocycles. The van der Waals surface area contributed by atoms with E-state index in [-0.39, 0.29) is 11.8 Å². The molecule has 4 aromatic heterocycles. The van der Waals surface area contributed by atoms with E-state index in [1.54, 1.807) is 9.80 Å². The number of carbonyl (C=O) groups is 2. The van der Waals surface area contributed by atoms with E-state index >= 15 is 0 Å². The molecule has 16 rings (SSSR count). The number of carbonyl (C=O) groups excluding carboxylic acids is 2. The Balaban J connectivity index is 1.04. The van der Waals surface area contributed by atoms with Crippen LogP contribution in [0, 0.1) is 0 Å². The second-order valence-electron chi connectivity index (χ2n) is 37.5. The van der Waals surface area contributed by atoms with E-state index in [2.05, 4.69) is 189 Å². The van der Waals surface area contributed by atoms with Crippen LogP contribution >= 0.6 is 94.1 Å². The number of likely N-dealkylation sites (N-methyl/N-ethyl adjacent to an activating group) is 2. The molecule has 740 valence electrons. The lowest BCUT2D eigenvalue weighted by atomic mass is 9.66. The van der Waals surface area contributed by atoms with Crippen LogP contribution in [0.15, 0.2) is 143 Å². The van der Waals surface area contributed by atoms with Crippen LogP contribution in [0.4, 0.5) is 0 Å². The molecule has 0 radical (unpaired) electrons. The van der Waals surface area contributed by atoms with Gasteiger partial charge in [0.25, 0.3) is 11.8 Å². The number of nitrogens with zero attached hydrogens (tertiary/aromatic N) is 6. The van der Waals surface area contributed by atoms with E-state index in [0.29, 0.717) is 95.4 Å². The second kappa shape index (κ2) is 50.3. The number of thioether (sulfide) groups is 2. The number of aromatic nitrogens is 4. The predicted molar refractivity (Wildman–Crippen MR) is 595 cm³/mol. The van der Waals surface area contributed by atoms with E-state index < -0.39 is 10.8 Å². The van der Waals surface area contributed by atoms with Crippen molar-refractivity contribution in [2.24, 2.45) is 0 Å². The molecular formula is C116H138N6O10S8. The van der Waals surface area contributed by atoms with Gasteiger partial charge in [-0.15, -0.1) is 22.7 Å². The van der Waals surface area contributed by atoms with Gasteiger partial charge in [-0.25, -0.2) is 0 Å². The van der Waals surface area contributed by atoms with Crippen molar-refractivity contribution in [3.63, 3.8) is 0 Å². The van der Waals surface area contributed by atoms with Crippen LogP contribution < -0.4 is 37.9 Å². The number of benzene rings is 8. The summed E-state index contributed by atoms with van der Waals surface area (Å²) in [4.78, 5) is 34.8. The molecule has 12 aromatic rings. The van der Waals surface area contributed by atoms with Crippen LogP contribution in [-0.4, -0.2) is 114 Å². The zero-order chi connectivity index (χ0) is 97.5. The molecule has 0 bridgehead atoms. The Morgan fingerprint density at radius 3 is 0.793 bits per heavy atom. The van der Waals surface area contributed by atoms with E-state index in [1.807, 2.05) is 48.7 Å². The average Bonchev–Trinajstić information content (AvgIpc) is 1.48.